The summed E-state index contributed by atoms with van der Waals surface area (Å²) in [4.78, 5) is 15.0. The summed E-state index contributed by atoms with van der Waals surface area (Å²) >= 11 is 0. The molecule has 2 aromatic carbocycles. The molecule has 2 aromatic rings. The van der Waals surface area contributed by atoms with E-state index in [9.17, 15) is 13.2 Å². The van der Waals surface area contributed by atoms with E-state index in [0.29, 0.717) is 5.69 Å². The predicted octanol–water partition coefficient (Wildman–Crippen LogP) is 4.29. The summed E-state index contributed by atoms with van der Waals surface area (Å²) in [6.45, 7) is 3.63. The van der Waals surface area contributed by atoms with E-state index in [1.165, 1.54) is 10.7 Å². The maximum absolute atomic E-state index is 13.4. The molecule has 0 spiro atoms. The topological polar surface area (TPSA) is 57.7 Å². The Balaban J connectivity index is 1.93. The Kier molecular flexibility index (Phi) is 6.63. The third-order valence-corrected chi connectivity index (χ3v) is 7.48. The minimum absolute atomic E-state index is 0.172. The zero-order chi connectivity index (χ0) is 21.0. The van der Waals surface area contributed by atoms with Crippen molar-refractivity contribution in [3.8, 4) is 0 Å². The normalized spacial score (nSPS) is 15.1. The number of hydrogen-bond donors (Lipinski definition) is 0. The SMILES string of the molecule is Cc1ccc(S(=O)(=O)N(CC(=O)N(C)C2CCCCC2)c2cccc(C)c2)cc1. The highest BCUT2D eigenvalue weighted by molar-refractivity contribution is 7.92. The molecule has 0 heterocycles. The predicted molar refractivity (Wildman–Crippen MR) is 117 cm³/mol. The number of amides is 1. The Morgan fingerprint density at radius 2 is 1.62 bits per heavy atom. The highest BCUT2D eigenvalue weighted by Crippen LogP contribution is 2.26. The maximum atomic E-state index is 13.4. The number of anilines is 1. The van der Waals surface area contributed by atoms with E-state index in [0.717, 1.165) is 36.8 Å². The number of benzene rings is 2. The van der Waals surface area contributed by atoms with Gasteiger partial charge >= 0.3 is 0 Å². The van der Waals surface area contributed by atoms with Crippen molar-refractivity contribution >= 4 is 21.6 Å². The molecule has 3 rings (SSSR count). The fraction of sp³-hybridized carbons (Fsp3) is 0.435. The number of nitrogens with zero attached hydrogens (tertiary/aromatic N) is 2. The van der Waals surface area contributed by atoms with E-state index in [-0.39, 0.29) is 23.4 Å². The highest BCUT2D eigenvalue weighted by Gasteiger charge is 2.30. The summed E-state index contributed by atoms with van der Waals surface area (Å²) in [7, 11) is -2.06. The zero-order valence-electron chi connectivity index (χ0n) is 17.5. The Labute approximate surface area is 174 Å². The number of aryl methyl sites for hydroxylation is 2. The van der Waals surface area contributed by atoms with Crippen molar-refractivity contribution in [2.75, 3.05) is 17.9 Å². The largest absolute Gasteiger partial charge is 0.341 e. The first-order valence-electron chi connectivity index (χ1n) is 10.2. The van der Waals surface area contributed by atoms with Crippen molar-refractivity contribution in [1.82, 2.24) is 4.90 Å². The Morgan fingerprint density at radius 1 is 0.966 bits per heavy atom. The summed E-state index contributed by atoms with van der Waals surface area (Å²) < 4.78 is 28.1. The molecule has 0 aliphatic heterocycles. The summed E-state index contributed by atoms with van der Waals surface area (Å²) in [6, 6.07) is 14.2. The van der Waals surface area contributed by atoms with Gasteiger partial charge in [0.1, 0.15) is 6.54 Å². The Morgan fingerprint density at radius 3 is 2.24 bits per heavy atom. The quantitative estimate of drug-likeness (QED) is 0.708. The lowest BCUT2D eigenvalue weighted by Crippen LogP contribution is -2.46. The molecule has 0 atom stereocenters. The standard InChI is InChI=1S/C23H30N2O3S/c1-18-12-14-22(15-13-18)29(27,28)25(21-11-7-8-19(2)16-21)17-23(26)24(3)20-9-5-4-6-10-20/h7-8,11-16,20H,4-6,9-10,17H2,1-3H3. The fourth-order valence-electron chi connectivity index (χ4n) is 3.84. The summed E-state index contributed by atoms with van der Waals surface area (Å²) in [5.41, 5.74) is 2.44. The minimum Gasteiger partial charge on any atom is -0.341 e. The second kappa shape index (κ2) is 8.99. The molecule has 1 aliphatic rings. The van der Waals surface area contributed by atoms with Crippen LogP contribution in [0.5, 0.6) is 0 Å². The van der Waals surface area contributed by atoms with Gasteiger partial charge in [-0.3, -0.25) is 9.10 Å². The first kappa shape index (κ1) is 21.4. The van der Waals surface area contributed by atoms with Crippen LogP contribution in [0.25, 0.3) is 0 Å². The van der Waals surface area contributed by atoms with Gasteiger partial charge in [0.15, 0.2) is 0 Å². The molecule has 1 aliphatic carbocycles. The maximum Gasteiger partial charge on any atom is 0.264 e. The van der Waals surface area contributed by atoms with Crippen molar-refractivity contribution < 1.29 is 13.2 Å². The average molecular weight is 415 g/mol. The van der Waals surface area contributed by atoms with Gasteiger partial charge in [0, 0.05) is 13.1 Å². The molecule has 0 N–H and O–H groups in total. The molecule has 0 unspecified atom stereocenters. The van der Waals surface area contributed by atoms with Crippen LogP contribution in [-0.4, -0.2) is 38.9 Å². The molecule has 0 aromatic heterocycles. The molecule has 6 heteroatoms. The van der Waals surface area contributed by atoms with Crippen molar-refractivity contribution in [3.05, 3.63) is 59.7 Å². The first-order chi connectivity index (χ1) is 13.8. The fourth-order valence-corrected chi connectivity index (χ4v) is 5.25. The van der Waals surface area contributed by atoms with Crippen LogP contribution in [0.2, 0.25) is 0 Å². The number of likely N-dealkylation sites (N-methyl/N-ethyl adjacent to an activating group) is 1. The third kappa shape index (κ3) is 4.99. The van der Waals surface area contributed by atoms with Crippen LogP contribution in [-0.2, 0) is 14.8 Å². The third-order valence-electron chi connectivity index (χ3n) is 5.69. The van der Waals surface area contributed by atoms with E-state index < -0.39 is 10.0 Å². The van der Waals surface area contributed by atoms with Crippen molar-refractivity contribution in [2.24, 2.45) is 0 Å². The van der Waals surface area contributed by atoms with Crippen molar-refractivity contribution in [3.63, 3.8) is 0 Å². The van der Waals surface area contributed by atoms with Gasteiger partial charge in [0.25, 0.3) is 10.0 Å². The second-order valence-electron chi connectivity index (χ2n) is 7.96. The molecular weight excluding hydrogens is 384 g/mol. The smallest absolute Gasteiger partial charge is 0.264 e. The van der Waals surface area contributed by atoms with Crippen LogP contribution in [0, 0.1) is 13.8 Å². The van der Waals surface area contributed by atoms with Crippen LogP contribution in [0.1, 0.15) is 43.2 Å². The van der Waals surface area contributed by atoms with Gasteiger partial charge < -0.3 is 4.90 Å². The molecule has 1 fully saturated rings. The van der Waals surface area contributed by atoms with Gasteiger partial charge in [-0.15, -0.1) is 0 Å². The number of sulfonamides is 1. The van der Waals surface area contributed by atoms with E-state index in [2.05, 4.69) is 0 Å². The molecule has 0 bridgehead atoms. The average Bonchev–Trinajstić information content (AvgIpc) is 2.72. The van der Waals surface area contributed by atoms with Gasteiger partial charge in [0.05, 0.1) is 10.6 Å². The van der Waals surface area contributed by atoms with Crippen LogP contribution >= 0.6 is 0 Å². The lowest BCUT2D eigenvalue weighted by molar-refractivity contribution is -0.130. The number of carbonyl (C=O) groups excluding carboxylic acids is 1. The second-order valence-corrected chi connectivity index (χ2v) is 9.82. The molecule has 29 heavy (non-hydrogen) atoms. The lowest BCUT2D eigenvalue weighted by Gasteiger charge is -2.33. The number of hydrogen-bond acceptors (Lipinski definition) is 3. The van der Waals surface area contributed by atoms with E-state index in [1.807, 2.05) is 26.0 Å². The van der Waals surface area contributed by atoms with Gasteiger partial charge in [-0.2, -0.15) is 0 Å². The van der Waals surface area contributed by atoms with Gasteiger partial charge in [-0.1, -0.05) is 49.1 Å². The highest BCUT2D eigenvalue weighted by atomic mass is 32.2. The summed E-state index contributed by atoms with van der Waals surface area (Å²) in [5.74, 6) is -0.172. The van der Waals surface area contributed by atoms with Crippen LogP contribution in [0.3, 0.4) is 0 Å². The lowest BCUT2D eigenvalue weighted by atomic mass is 9.94. The van der Waals surface area contributed by atoms with E-state index in [1.54, 1.807) is 48.3 Å². The molecule has 156 valence electrons. The van der Waals surface area contributed by atoms with Crippen LogP contribution < -0.4 is 4.31 Å². The number of carbonyl (C=O) groups is 1. The molecule has 1 amide bonds. The van der Waals surface area contributed by atoms with Crippen molar-refractivity contribution in [2.45, 2.75) is 56.9 Å². The van der Waals surface area contributed by atoms with Gasteiger partial charge in [-0.05, 0) is 56.5 Å². The van der Waals surface area contributed by atoms with Gasteiger partial charge in [-0.25, -0.2) is 8.42 Å². The van der Waals surface area contributed by atoms with Crippen LogP contribution in [0.4, 0.5) is 5.69 Å². The van der Waals surface area contributed by atoms with Crippen molar-refractivity contribution in [1.29, 1.82) is 0 Å². The Hall–Kier alpha value is -2.34. The van der Waals surface area contributed by atoms with E-state index >= 15 is 0 Å². The zero-order valence-corrected chi connectivity index (χ0v) is 18.3. The number of rotatable bonds is 6. The Bertz CT molecular complexity index is 948. The molecule has 1 saturated carbocycles. The first-order valence-corrected chi connectivity index (χ1v) is 11.6. The van der Waals surface area contributed by atoms with E-state index in [4.69, 9.17) is 0 Å². The molecular formula is C23H30N2O3S. The van der Waals surface area contributed by atoms with Crippen LogP contribution in [0.15, 0.2) is 53.4 Å². The molecule has 5 nitrogen and oxygen atoms in total. The summed E-state index contributed by atoms with van der Waals surface area (Å²) in [5, 5.41) is 0. The monoisotopic (exact) mass is 414 g/mol. The summed E-state index contributed by atoms with van der Waals surface area (Å²) in [6.07, 6.45) is 5.40. The van der Waals surface area contributed by atoms with Gasteiger partial charge in [0.2, 0.25) is 5.91 Å². The molecule has 0 radical (unpaired) electrons. The molecule has 0 saturated heterocycles. The minimum atomic E-state index is -3.86.